The van der Waals surface area contributed by atoms with Gasteiger partial charge in [0.05, 0.1) is 17.6 Å². The van der Waals surface area contributed by atoms with Crippen LogP contribution in [0.5, 0.6) is 0 Å². The molecule has 5 heteroatoms. The van der Waals surface area contributed by atoms with Gasteiger partial charge >= 0.3 is 0 Å². The van der Waals surface area contributed by atoms with E-state index in [1.807, 2.05) is 6.92 Å². The molecule has 2 aliphatic heterocycles. The van der Waals surface area contributed by atoms with E-state index in [4.69, 9.17) is 9.47 Å². The van der Waals surface area contributed by atoms with Gasteiger partial charge in [-0.2, -0.15) is 0 Å². The van der Waals surface area contributed by atoms with Gasteiger partial charge < -0.3 is 19.5 Å². The molecule has 2 unspecified atom stereocenters. The van der Waals surface area contributed by atoms with Crippen LogP contribution in [0.15, 0.2) is 0 Å². The van der Waals surface area contributed by atoms with Crippen molar-refractivity contribution in [2.75, 3.05) is 33.4 Å². The molecule has 0 aromatic rings. The second kappa shape index (κ2) is 6.20. The minimum Gasteiger partial charge on any atom is -0.388 e. The number of carbonyl (C=O) groups is 1. The topological polar surface area (TPSA) is 59.0 Å². The van der Waals surface area contributed by atoms with Crippen molar-refractivity contribution in [1.29, 1.82) is 0 Å². The molecule has 2 atom stereocenters. The highest BCUT2D eigenvalue weighted by atomic mass is 16.5. The summed E-state index contributed by atoms with van der Waals surface area (Å²) in [4.78, 5) is 14.1. The van der Waals surface area contributed by atoms with Crippen LogP contribution in [-0.2, 0) is 14.3 Å². The fourth-order valence-corrected chi connectivity index (χ4v) is 2.96. The van der Waals surface area contributed by atoms with Gasteiger partial charge in [0.25, 0.3) is 0 Å². The van der Waals surface area contributed by atoms with Gasteiger partial charge in [-0.05, 0) is 19.8 Å². The van der Waals surface area contributed by atoms with E-state index in [9.17, 15) is 9.90 Å². The predicted molar refractivity (Wildman–Crippen MR) is 70.8 cm³/mol. The number of likely N-dealkylation sites (N-methyl/N-ethyl adjacent to an activating group) is 1. The lowest BCUT2D eigenvalue weighted by molar-refractivity contribution is -0.148. The normalized spacial score (nSPS) is 30.9. The number of hydrogen-bond acceptors (Lipinski definition) is 4. The molecule has 0 spiro atoms. The predicted octanol–water partition coefficient (Wildman–Crippen LogP) is 0.801. The van der Waals surface area contributed by atoms with Crippen molar-refractivity contribution in [3.05, 3.63) is 0 Å². The molecule has 2 saturated heterocycles. The Labute approximate surface area is 114 Å². The van der Waals surface area contributed by atoms with Crippen molar-refractivity contribution in [3.8, 4) is 0 Å². The van der Waals surface area contributed by atoms with Crippen LogP contribution >= 0.6 is 0 Å². The van der Waals surface area contributed by atoms with Crippen LogP contribution in [-0.4, -0.2) is 61.0 Å². The number of aliphatic hydroxyl groups is 1. The maximum atomic E-state index is 12.4. The van der Waals surface area contributed by atoms with Crippen LogP contribution in [0.2, 0.25) is 0 Å². The number of ether oxygens (including phenoxy) is 2. The Hall–Kier alpha value is -0.650. The van der Waals surface area contributed by atoms with Crippen LogP contribution in [0.25, 0.3) is 0 Å². The summed E-state index contributed by atoms with van der Waals surface area (Å²) >= 11 is 0. The van der Waals surface area contributed by atoms with Gasteiger partial charge in [0, 0.05) is 46.3 Å². The molecule has 1 amide bonds. The number of amides is 1. The molecule has 0 aliphatic carbocycles. The molecule has 2 aliphatic rings. The molecule has 5 nitrogen and oxygen atoms in total. The van der Waals surface area contributed by atoms with Crippen LogP contribution in [0.1, 0.15) is 32.6 Å². The van der Waals surface area contributed by atoms with E-state index in [0.29, 0.717) is 32.6 Å². The van der Waals surface area contributed by atoms with Crippen LogP contribution in [0, 0.1) is 5.92 Å². The summed E-state index contributed by atoms with van der Waals surface area (Å²) in [5, 5.41) is 10.4. The van der Waals surface area contributed by atoms with Gasteiger partial charge in [-0.3, -0.25) is 4.79 Å². The fraction of sp³-hybridized carbons (Fsp3) is 0.929. The highest BCUT2D eigenvalue weighted by Gasteiger charge is 2.36. The Bertz CT molecular complexity index is 315. The van der Waals surface area contributed by atoms with E-state index in [1.165, 1.54) is 0 Å². The van der Waals surface area contributed by atoms with Gasteiger partial charge in [-0.15, -0.1) is 0 Å². The fourth-order valence-electron chi connectivity index (χ4n) is 2.96. The third-order valence-electron chi connectivity index (χ3n) is 4.26. The number of hydrogen-bond donors (Lipinski definition) is 1. The second-order valence-electron chi connectivity index (χ2n) is 5.86. The zero-order valence-corrected chi connectivity index (χ0v) is 11.9. The van der Waals surface area contributed by atoms with E-state index in [-0.39, 0.29) is 17.9 Å². The summed E-state index contributed by atoms with van der Waals surface area (Å²) in [5.74, 6) is 0.0225. The molecule has 2 heterocycles. The zero-order chi connectivity index (χ0) is 13.9. The highest BCUT2D eigenvalue weighted by molar-refractivity contribution is 5.79. The average Bonchev–Trinajstić information content (AvgIpc) is 2.39. The van der Waals surface area contributed by atoms with E-state index in [0.717, 1.165) is 19.4 Å². The zero-order valence-electron chi connectivity index (χ0n) is 11.9. The van der Waals surface area contributed by atoms with Gasteiger partial charge in [0.15, 0.2) is 0 Å². The summed E-state index contributed by atoms with van der Waals surface area (Å²) in [6, 6.07) is 0. The number of carbonyl (C=O) groups excluding carboxylic acids is 1. The molecule has 0 bridgehead atoms. The van der Waals surface area contributed by atoms with E-state index < -0.39 is 5.60 Å². The first-order chi connectivity index (χ1) is 9.02. The first-order valence-corrected chi connectivity index (χ1v) is 7.18. The quantitative estimate of drug-likeness (QED) is 0.825. The van der Waals surface area contributed by atoms with Gasteiger partial charge in [-0.1, -0.05) is 0 Å². The molecule has 110 valence electrons. The molecule has 1 N–H and O–H groups in total. The largest absolute Gasteiger partial charge is 0.388 e. The van der Waals surface area contributed by atoms with E-state index >= 15 is 0 Å². The summed E-state index contributed by atoms with van der Waals surface area (Å²) in [7, 11) is 1.77. The monoisotopic (exact) mass is 271 g/mol. The van der Waals surface area contributed by atoms with Crippen molar-refractivity contribution < 1.29 is 19.4 Å². The average molecular weight is 271 g/mol. The van der Waals surface area contributed by atoms with Crippen molar-refractivity contribution in [2.24, 2.45) is 5.92 Å². The minimum atomic E-state index is -0.790. The standard InChI is InChI=1S/C14H25NO4/c1-11-12(4-3-7-19-11)13(16)15(2)10-14(17)5-8-18-9-6-14/h11-12,17H,3-10H2,1-2H3. The lowest BCUT2D eigenvalue weighted by Gasteiger charge is -2.38. The van der Waals surface area contributed by atoms with Gasteiger partial charge in [-0.25, -0.2) is 0 Å². The lowest BCUT2D eigenvalue weighted by Crippen LogP contribution is -2.50. The molecule has 0 radical (unpaired) electrons. The first kappa shape index (κ1) is 14.8. The summed E-state index contributed by atoms with van der Waals surface area (Å²) in [5.41, 5.74) is -0.790. The third kappa shape index (κ3) is 3.68. The maximum Gasteiger partial charge on any atom is 0.228 e. The molecular formula is C14H25NO4. The molecule has 0 saturated carbocycles. The lowest BCUT2D eigenvalue weighted by atomic mass is 9.91. The van der Waals surface area contributed by atoms with Crippen molar-refractivity contribution in [3.63, 3.8) is 0 Å². The highest BCUT2D eigenvalue weighted by Crippen LogP contribution is 2.25. The van der Waals surface area contributed by atoms with Crippen molar-refractivity contribution in [2.45, 2.75) is 44.3 Å². The number of nitrogens with zero attached hydrogens (tertiary/aromatic N) is 1. The molecule has 0 aromatic heterocycles. The molecule has 2 rings (SSSR count). The summed E-state index contributed by atoms with van der Waals surface area (Å²) in [6.07, 6.45) is 2.99. The Balaban J connectivity index is 1.91. The Morgan fingerprint density at radius 2 is 2.05 bits per heavy atom. The van der Waals surface area contributed by atoms with Gasteiger partial charge in [0.2, 0.25) is 5.91 Å². The summed E-state index contributed by atoms with van der Waals surface area (Å²) < 4.78 is 10.8. The van der Waals surface area contributed by atoms with Crippen LogP contribution in [0.4, 0.5) is 0 Å². The van der Waals surface area contributed by atoms with Crippen molar-refractivity contribution in [1.82, 2.24) is 4.90 Å². The first-order valence-electron chi connectivity index (χ1n) is 7.18. The smallest absolute Gasteiger partial charge is 0.228 e. The Morgan fingerprint density at radius 1 is 1.37 bits per heavy atom. The SMILES string of the molecule is CC1OCCCC1C(=O)N(C)CC1(O)CCOCC1. The Kier molecular flexibility index (Phi) is 4.81. The molecule has 2 fully saturated rings. The molecule has 19 heavy (non-hydrogen) atoms. The maximum absolute atomic E-state index is 12.4. The van der Waals surface area contributed by atoms with Gasteiger partial charge in [0.1, 0.15) is 0 Å². The molecular weight excluding hydrogens is 246 g/mol. The van der Waals surface area contributed by atoms with Crippen molar-refractivity contribution >= 4 is 5.91 Å². The molecule has 0 aromatic carbocycles. The minimum absolute atomic E-state index is 0.0203. The van der Waals surface area contributed by atoms with Crippen LogP contribution < -0.4 is 0 Å². The van der Waals surface area contributed by atoms with E-state index in [1.54, 1.807) is 11.9 Å². The van der Waals surface area contributed by atoms with Crippen LogP contribution in [0.3, 0.4) is 0 Å². The van der Waals surface area contributed by atoms with E-state index in [2.05, 4.69) is 0 Å². The number of rotatable bonds is 3. The second-order valence-corrected chi connectivity index (χ2v) is 5.86. The third-order valence-corrected chi connectivity index (χ3v) is 4.26. The Morgan fingerprint density at radius 3 is 2.68 bits per heavy atom. The summed E-state index contributed by atoms with van der Waals surface area (Å²) in [6.45, 7) is 4.23.